The summed E-state index contributed by atoms with van der Waals surface area (Å²) in [5, 5.41) is 5.81. The lowest BCUT2D eigenvalue weighted by Crippen LogP contribution is -2.36. The molecule has 0 bridgehead atoms. The second-order valence-corrected chi connectivity index (χ2v) is 6.86. The molecule has 1 aromatic heterocycles. The summed E-state index contributed by atoms with van der Waals surface area (Å²) >= 11 is 0. The van der Waals surface area contributed by atoms with Gasteiger partial charge in [-0.3, -0.25) is 4.79 Å². The van der Waals surface area contributed by atoms with E-state index in [2.05, 4.69) is 20.6 Å². The normalized spacial score (nSPS) is 22.1. The number of alkyl carbamates (subject to hydrolysis) is 1. The van der Waals surface area contributed by atoms with Crippen molar-refractivity contribution in [2.24, 2.45) is 0 Å². The summed E-state index contributed by atoms with van der Waals surface area (Å²) in [6.07, 6.45) is 4.88. The Morgan fingerprint density at radius 1 is 1.15 bits per heavy atom. The van der Waals surface area contributed by atoms with Crippen molar-refractivity contribution in [2.75, 3.05) is 25.0 Å². The van der Waals surface area contributed by atoms with E-state index in [1.165, 1.54) is 0 Å². The zero-order chi connectivity index (χ0) is 18.7. The predicted octanol–water partition coefficient (Wildman–Crippen LogP) is 2.32. The molecule has 1 spiro atoms. The fourth-order valence-corrected chi connectivity index (χ4v) is 3.49. The Kier molecular flexibility index (Phi) is 4.62. The lowest BCUT2D eigenvalue weighted by Gasteiger charge is -2.25. The average molecular weight is 367 g/mol. The molecule has 2 saturated heterocycles. The Bertz CT molecular complexity index is 827. The third-order valence-corrected chi connectivity index (χ3v) is 4.98. The van der Waals surface area contributed by atoms with Gasteiger partial charge in [-0.25, -0.2) is 14.8 Å². The van der Waals surface area contributed by atoms with Crippen LogP contribution >= 0.6 is 0 Å². The number of carbonyl (C=O) groups is 2. The number of nitrogens with zero attached hydrogens (tertiary/aromatic N) is 3. The van der Waals surface area contributed by atoms with Crippen molar-refractivity contribution in [3.63, 3.8) is 0 Å². The minimum Gasteiger partial charge on any atom is -0.441 e. The van der Waals surface area contributed by atoms with Crippen molar-refractivity contribution < 1.29 is 14.3 Å². The number of aromatic nitrogens is 2. The number of hydrogen-bond donors (Lipinski definition) is 2. The van der Waals surface area contributed by atoms with Crippen molar-refractivity contribution in [2.45, 2.75) is 24.9 Å². The van der Waals surface area contributed by atoms with Gasteiger partial charge in [-0.1, -0.05) is 18.2 Å². The molecule has 27 heavy (non-hydrogen) atoms. The van der Waals surface area contributed by atoms with Crippen LogP contribution in [0.5, 0.6) is 0 Å². The maximum Gasteiger partial charge on any atom is 0.407 e. The SMILES string of the molecule is O=C1NC[C@]2(CCCN(C(=O)c3cnc(Nc4ccccc4)nc3)CC2)O1. The topological polar surface area (TPSA) is 96.5 Å². The van der Waals surface area contributed by atoms with Crippen molar-refractivity contribution >= 4 is 23.6 Å². The van der Waals surface area contributed by atoms with Gasteiger partial charge in [-0.2, -0.15) is 0 Å². The first kappa shape index (κ1) is 17.3. The number of carbonyl (C=O) groups excluding carboxylic acids is 2. The van der Waals surface area contributed by atoms with Crippen LogP contribution in [0.4, 0.5) is 16.4 Å². The van der Waals surface area contributed by atoms with E-state index >= 15 is 0 Å². The largest absolute Gasteiger partial charge is 0.441 e. The van der Waals surface area contributed by atoms with E-state index in [0.717, 1.165) is 18.5 Å². The Hall–Kier alpha value is -3.16. The molecule has 1 atom stereocenters. The lowest BCUT2D eigenvalue weighted by molar-refractivity contribution is 0.0438. The number of likely N-dealkylation sites (tertiary alicyclic amines) is 1. The maximum absolute atomic E-state index is 12.8. The second-order valence-electron chi connectivity index (χ2n) is 6.86. The molecule has 8 heteroatoms. The molecule has 1 aromatic carbocycles. The van der Waals surface area contributed by atoms with Crippen molar-refractivity contribution in [3.05, 3.63) is 48.3 Å². The number of amides is 2. The van der Waals surface area contributed by atoms with Crippen molar-refractivity contribution in [1.82, 2.24) is 20.2 Å². The van der Waals surface area contributed by atoms with Crippen LogP contribution in [0.2, 0.25) is 0 Å². The Morgan fingerprint density at radius 2 is 1.93 bits per heavy atom. The molecule has 2 aromatic rings. The molecular weight excluding hydrogens is 346 g/mol. The van der Waals surface area contributed by atoms with Crippen molar-refractivity contribution in [1.29, 1.82) is 0 Å². The fraction of sp³-hybridized carbons (Fsp3) is 0.368. The fourth-order valence-electron chi connectivity index (χ4n) is 3.49. The zero-order valence-electron chi connectivity index (χ0n) is 14.9. The minimum absolute atomic E-state index is 0.101. The number of benzene rings is 1. The molecule has 2 aliphatic rings. The molecule has 2 amide bonds. The minimum atomic E-state index is -0.480. The van der Waals surface area contributed by atoms with Gasteiger partial charge in [0.1, 0.15) is 5.60 Å². The first-order chi connectivity index (χ1) is 13.1. The van der Waals surface area contributed by atoms with Gasteiger partial charge < -0.3 is 20.3 Å². The van der Waals surface area contributed by atoms with Gasteiger partial charge in [0.15, 0.2) is 0 Å². The van der Waals surface area contributed by atoms with Gasteiger partial charge >= 0.3 is 6.09 Å². The first-order valence-electron chi connectivity index (χ1n) is 9.04. The molecular formula is C19H21N5O3. The third-order valence-electron chi connectivity index (χ3n) is 4.98. The summed E-state index contributed by atoms with van der Waals surface area (Å²) in [5.41, 5.74) is 0.853. The third kappa shape index (κ3) is 3.84. The van der Waals surface area contributed by atoms with Gasteiger partial charge in [0.25, 0.3) is 5.91 Å². The molecule has 2 aliphatic heterocycles. The lowest BCUT2D eigenvalue weighted by atomic mass is 9.95. The van der Waals surface area contributed by atoms with Gasteiger partial charge in [-0.15, -0.1) is 0 Å². The van der Waals surface area contributed by atoms with Crippen LogP contribution in [-0.2, 0) is 4.74 Å². The Morgan fingerprint density at radius 3 is 2.63 bits per heavy atom. The molecule has 2 N–H and O–H groups in total. The molecule has 0 radical (unpaired) electrons. The van der Waals surface area contributed by atoms with Crippen molar-refractivity contribution in [3.8, 4) is 0 Å². The summed E-state index contributed by atoms with van der Waals surface area (Å²) in [7, 11) is 0. The van der Waals surface area contributed by atoms with Crippen LogP contribution in [0, 0.1) is 0 Å². The van der Waals surface area contributed by atoms with Gasteiger partial charge in [0.05, 0.1) is 12.1 Å². The molecule has 4 rings (SSSR count). The Balaban J connectivity index is 1.40. The van der Waals surface area contributed by atoms with E-state index in [0.29, 0.717) is 37.6 Å². The summed E-state index contributed by atoms with van der Waals surface area (Å²) in [6, 6.07) is 9.61. The van der Waals surface area contributed by atoms with E-state index in [-0.39, 0.29) is 12.0 Å². The van der Waals surface area contributed by atoms with E-state index in [1.807, 2.05) is 30.3 Å². The van der Waals surface area contributed by atoms with E-state index in [1.54, 1.807) is 17.3 Å². The summed E-state index contributed by atoms with van der Waals surface area (Å²) in [6.45, 7) is 1.68. The van der Waals surface area contributed by atoms with E-state index in [4.69, 9.17) is 4.74 Å². The van der Waals surface area contributed by atoms with Gasteiger partial charge in [0.2, 0.25) is 5.95 Å². The van der Waals surface area contributed by atoms with Crippen LogP contribution in [0.15, 0.2) is 42.7 Å². The zero-order valence-corrected chi connectivity index (χ0v) is 14.9. The number of nitrogens with one attached hydrogen (secondary N) is 2. The van der Waals surface area contributed by atoms with Crippen LogP contribution in [-0.4, -0.2) is 52.1 Å². The van der Waals surface area contributed by atoms with Gasteiger partial charge in [-0.05, 0) is 25.0 Å². The highest BCUT2D eigenvalue weighted by atomic mass is 16.6. The number of anilines is 2. The van der Waals surface area contributed by atoms with Crippen LogP contribution in [0.1, 0.15) is 29.6 Å². The molecule has 0 saturated carbocycles. The molecule has 0 aliphatic carbocycles. The summed E-state index contributed by atoms with van der Waals surface area (Å²) in [4.78, 5) is 34.5. The first-order valence-corrected chi connectivity index (χ1v) is 9.04. The number of ether oxygens (including phenoxy) is 1. The molecule has 2 fully saturated rings. The monoisotopic (exact) mass is 367 g/mol. The number of hydrogen-bond acceptors (Lipinski definition) is 6. The number of rotatable bonds is 3. The molecule has 3 heterocycles. The highest BCUT2D eigenvalue weighted by Crippen LogP contribution is 2.29. The van der Waals surface area contributed by atoms with E-state index in [9.17, 15) is 9.59 Å². The highest BCUT2D eigenvalue weighted by Gasteiger charge is 2.41. The quantitative estimate of drug-likeness (QED) is 0.864. The second kappa shape index (κ2) is 7.22. The molecule has 0 unspecified atom stereocenters. The van der Waals surface area contributed by atoms with Crippen LogP contribution in [0.25, 0.3) is 0 Å². The molecule has 8 nitrogen and oxygen atoms in total. The smallest absolute Gasteiger partial charge is 0.407 e. The average Bonchev–Trinajstić information content (AvgIpc) is 2.93. The summed E-state index contributed by atoms with van der Waals surface area (Å²) in [5.74, 6) is 0.340. The standard InChI is InChI=1S/C19H21N5O3/c25-16(24-9-4-7-19(8-10-24)13-22-18(26)27-19)14-11-20-17(21-12-14)23-15-5-2-1-3-6-15/h1-3,5-6,11-12H,4,7-10,13H2,(H,22,26)(H,20,21,23)/t19-/m1/s1. The van der Waals surface area contributed by atoms with Gasteiger partial charge in [0, 0.05) is 37.6 Å². The number of para-hydroxylation sites is 1. The van der Waals surface area contributed by atoms with Crippen LogP contribution in [0.3, 0.4) is 0 Å². The predicted molar refractivity (Wildman–Crippen MR) is 98.7 cm³/mol. The van der Waals surface area contributed by atoms with E-state index < -0.39 is 5.60 Å². The summed E-state index contributed by atoms with van der Waals surface area (Å²) < 4.78 is 5.45. The molecule has 140 valence electrons. The Labute approximate surface area is 156 Å². The maximum atomic E-state index is 12.8. The highest BCUT2D eigenvalue weighted by molar-refractivity contribution is 5.93. The van der Waals surface area contributed by atoms with Crippen LogP contribution < -0.4 is 10.6 Å².